The molecule has 1 aromatic rings. The molecule has 4 nitrogen and oxygen atoms in total. The molecule has 2 fully saturated rings. The first-order chi connectivity index (χ1) is 10.2. The normalized spacial score (nSPS) is 25.2. The van der Waals surface area contributed by atoms with Crippen molar-refractivity contribution in [2.75, 3.05) is 29.9 Å². The van der Waals surface area contributed by atoms with E-state index in [1.165, 1.54) is 43.6 Å². The lowest BCUT2D eigenvalue weighted by molar-refractivity contribution is -0.116. The van der Waals surface area contributed by atoms with Gasteiger partial charge in [-0.05, 0) is 49.4 Å². The maximum atomic E-state index is 11.6. The Labute approximate surface area is 126 Å². The Bertz CT molecular complexity index is 567. The molecule has 4 rings (SSSR count). The average molecular weight is 285 g/mol. The molecular formula is C17H23N3O. The van der Waals surface area contributed by atoms with Gasteiger partial charge in [-0.1, -0.05) is 0 Å². The number of benzene rings is 1. The van der Waals surface area contributed by atoms with Gasteiger partial charge in [-0.3, -0.25) is 9.69 Å². The zero-order chi connectivity index (χ0) is 14.4. The highest BCUT2D eigenvalue weighted by Crippen LogP contribution is 2.33. The second-order valence-corrected chi connectivity index (χ2v) is 6.62. The summed E-state index contributed by atoms with van der Waals surface area (Å²) in [5.41, 5.74) is 3.60. The third-order valence-corrected chi connectivity index (χ3v) is 5.01. The topological polar surface area (TPSA) is 35.6 Å². The molecule has 1 saturated carbocycles. The van der Waals surface area contributed by atoms with E-state index in [0.29, 0.717) is 6.04 Å². The summed E-state index contributed by atoms with van der Waals surface area (Å²) in [6, 6.07) is 7.91. The van der Waals surface area contributed by atoms with Gasteiger partial charge in [0.15, 0.2) is 0 Å². The number of amides is 1. The Morgan fingerprint density at radius 1 is 1.24 bits per heavy atom. The lowest BCUT2D eigenvalue weighted by Gasteiger charge is -2.18. The van der Waals surface area contributed by atoms with Crippen molar-refractivity contribution in [3.63, 3.8) is 0 Å². The van der Waals surface area contributed by atoms with E-state index in [-0.39, 0.29) is 5.91 Å². The van der Waals surface area contributed by atoms with Gasteiger partial charge in [0.2, 0.25) is 5.91 Å². The minimum atomic E-state index is 0.144. The molecule has 1 unspecified atom stereocenters. The predicted molar refractivity (Wildman–Crippen MR) is 84.8 cm³/mol. The van der Waals surface area contributed by atoms with Crippen LogP contribution in [0.15, 0.2) is 18.2 Å². The largest absolute Gasteiger partial charge is 0.381 e. The first-order valence-electron chi connectivity index (χ1n) is 8.12. The summed E-state index contributed by atoms with van der Waals surface area (Å²) in [5, 5.41) is 3.68. The van der Waals surface area contributed by atoms with Crippen LogP contribution in [0.1, 0.15) is 31.7 Å². The Kier molecular flexibility index (Phi) is 3.14. The second-order valence-electron chi connectivity index (χ2n) is 6.62. The van der Waals surface area contributed by atoms with E-state index in [1.54, 1.807) is 6.92 Å². The van der Waals surface area contributed by atoms with Crippen LogP contribution < -0.4 is 10.2 Å². The van der Waals surface area contributed by atoms with Crippen LogP contribution in [-0.4, -0.2) is 42.5 Å². The van der Waals surface area contributed by atoms with Gasteiger partial charge < -0.3 is 10.2 Å². The van der Waals surface area contributed by atoms with E-state index < -0.39 is 0 Å². The molecule has 0 spiro atoms. The van der Waals surface area contributed by atoms with Gasteiger partial charge in [-0.15, -0.1) is 0 Å². The van der Waals surface area contributed by atoms with Crippen molar-refractivity contribution >= 4 is 17.3 Å². The molecule has 2 heterocycles. The fourth-order valence-corrected chi connectivity index (χ4v) is 3.73. The van der Waals surface area contributed by atoms with E-state index in [1.807, 2.05) is 4.90 Å². The Balaban J connectivity index is 1.44. The van der Waals surface area contributed by atoms with Gasteiger partial charge >= 0.3 is 0 Å². The summed E-state index contributed by atoms with van der Waals surface area (Å²) in [5.74, 6) is 0.144. The third-order valence-electron chi connectivity index (χ3n) is 5.01. The fourth-order valence-electron chi connectivity index (χ4n) is 3.73. The van der Waals surface area contributed by atoms with E-state index in [4.69, 9.17) is 0 Å². The van der Waals surface area contributed by atoms with Crippen LogP contribution in [0, 0.1) is 0 Å². The predicted octanol–water partition coefficient (Wildman–Crippen LogP) is 2.24. The molecule has 0 bridgehead atoms. The fraction of sp³-hybridized carbons (Fsp3) is 0.588. The highest BCUT2D eigenvalue weighted by Gasteiger charge is 2.34. The number of rotatable bonds is 3. The number of carbonyl (C=O) groups excluding carboxylic acids is 1. The maximum Gasteiger partial charge on any atom is 0.223 e. The Morgan fingerprint density at radius 2 is 2.10 bits per heavy atom. The number of carbonyl (C=O) groups is 1. The molecular weight excluding hydrogens is 262 g/mol. The maximum absolute atomic E-state index is 11.6. The van der Waals surface area contributed by atoms with Crippen LogP contribution in [0.3, 0.4) is 0 Å². The summed E-state index contributed by atoms with van der Waals surface area (Å²) >= 11 is 0. The summed E-state index contributed by atoms with van der Waals surface area (Å²) in [7, 11) is 0. The zero-order valence-corrected chi connectivity index (χ0v) is 12.6. The number of nitrogens with one attached hydrogen (secondary N) is 1. The number of nitrogens with zero attached hydrogens (tertiary/aromatic N) is 2. The molecule has 21 heavy (non-hydrogen) atoms. The van der Waals surface area contributed by atoms with Gasteiger partial charge in [0.1, 0.15) is 0 Å². The second kappa shape index (κ2) is 5.02. The number of hydrogen-bond donors (Lipinski definition) is 1. The van der Waals surface area contributed by atoms with Crippen LogP contribution >= 0.6 is 0 Å². The quantitative estimate of drug-likeness (QED) is 0.925. The highest BCUT2D eigenvalue weighted by molar-refractivity contribution is 5.94. The molecule has 3 aliphatic rings. The number of anilines is 2. The smallest absolute Gasteiger partial charge is 0.223 e. The molecule has 112 valence electrons. The van der Waals surface area contributed by atoms with Crippen LogP contribution in [0.4, 0.5) is 11.4 Å². The van der Waals surface area contributed by atoms with Crippen molar-refractivity contribution in [2.45, 2.75) is 44.7 Å². The van der Waals surface area contributed by atoms with Crippen molar-refractivity contribution in [2.24, 2.45) is 0 Å². The van der Waals surface area contributed by atoms with Crippen LogP contribution in [0.5, 0.6) is 0 Å². The molecule has 4 heteroatoms. The summed E-state index contributed by atoms with van der Waals surface area (Å²) in [6.07, 6.45) is 5.01. The van der Waals surface area contributed by atoms with Crippen molar-refractivity contribution in [3.8, 4) is 0 Å². The van der Waals surface area contributed by atoms with E-state index in [2.05, 4.69) is 28.4 Å². The minimum absolute atomic E-state index is 0.144. The molecule has 2 aliphatic heterocycles. The molecule has 1 saturated heterocycles. The summed E-state index contributed by atoms with van der Waals surface area (Å²) in [4.78, 5) is 16.1. The van der Waals surface area contributed by atoms with Gasteiger partial charge in [-0.25, -0.2) is 0 Å². The van der Waals surface area contributed by atoms with E-state index in [0.717, 1.165) is 24.7 Å². The minimum Gasteiger partial charge on any atom is -0.381 e. The van der Waals surface area contributed by atoms with Crippen molar-refractivity contribution < 1.29 is 4.79 Å². The van der Waals surface area contributed by atoms with Crippen LogP contribution in [-0.2, 0) is 11.2 Å². The van der Waals surface area contributed by atoms with Gasteiger partial charge in [0.25, 0.3) is 0 Å². The van der Waals surface area contributed by atoms with Crippen molar-refractivity contribution in [1.82, 2.24) is 4.90 Å². The zero-order valence-electron chi connectivity index (χ0n) is 12.6. The molecule has 1 N–H and O–H groups in total. The van der Waals surface area contributed by atoms with Gasteiger partial charge in [0.05, 0.1) is 0 Å². The number of fused-ring (bicyclic) bond motifs is 1. The van der Waals surface area contributed by atoms with Crippen molar-refractivity contribution in [1.29, 1.82) is 0 Å². The van der Waals surface area contributed by atoms with E-state index in [9.17, 15) is 4.79 Å². The van der Waals surface area contributed by atoms with Crippen molar-refractivity contribution in [3.05, 3.63) is 23.8 Å². The number of hydrogen-bond acceptors (Lipinski definition) is 3. The molecule has 1 amide bonds. The van der Waals surface area contributed by atoms with Gasteiger partial charge in [-0.2, -0.15) is 0 Å². The highest BCUT2D eigenvalue weighted by atomic mass is 16.2. The Hall–Kier alpha value is -1.55. The standard InChI is InChI=1S/C17H23N3O/c1-12(21)20-9-6-13-10-14(2-5-17(13)20)18-15-7-8-19(11-15)16-3-4-16/h2,5,10,15-16,18H,3-4,6-9,11H2,1H3. The van der Waals surface area contributed by atoms with Gasteiger partial charge in [0, 0.05) is 50.0 Å². The number of likely N-dealkylation sites (tertiary alicyclic amines) is 1. The third kappa shape index (κ3) is 2.53. The first-order valence-corrected chi connectivity index (χ1v) is 8.12. The summed E-state index contributed by atoms with van der Waals surface area (Å²) in [6.45, 7) is 4.89. The van der Waals surface area contributed by atoms with Crippen LogP contribution in [0.25, 0.3) is 0 Å². The lowest BCUT2D eigenvalue weighted by Crippen LogP contribution is -2.27. The molecule has 1 aromatic carbocycles. The summed E-state index contributed by atoms with van der Waals surface area (Å²) < 4.78 is 0. The van der Waals surface area contributed by atoms with E-state index >= 15 is 0 Å². The molecule has 1 aliphatic carbocycles. The lowest BCUT2D eigenvalue weighted by atomic mass is 10.1. The molecule has 0 aromatic heterocycles. The SMILES string of the molecule is CC(=O)N1CCc2cc(NC3CCN(C4CC4)C3)ccc21. The van der Waals surface area contributed by atoms with Crippen LogP contribution in [0.2, 0.25) is 0 Å². The molecule has 0 radical (unpaired) electrons. The monoisotopic (exact) mass is 285 g/mol. The molecule has 1 atom stereocenters. The average Bonchev–Trinajstić information content (AvgIpc) is 3.06. The Morgan fingerprint density at radius 3 is 2.86 bits per heavy atom. The first kappa shape index (κ1) is 13.1.